The minimum atomic E-state index is -0.933. The first-order chi connectivity index (χ1) is 12.3. The first-order valence-electron chi connectivity index (χ1n) is 8.34. The van der Waals surface area contributed by atoms with E-state index in [0.717, 1.165) is 28.8 Å². The zero-order valence-electron chi connectivity index (χ0n) is 15.1. The average molecular weight is 360 g/mol. The number of amides is 2. The fraction of sp³-hybridized carbons (Fsp3) is 0.300. The van der Waals surface area contributed by atoms with Gasteiger partial charge in [0.25, 0.3) is 5.91 Å². The molecule has 0 fully saturated rings. The lowest BCUT2D eigenvalue weighted by Gasteiger charge is -2.12. The fourth-order valence-corrected chi connectivity index (χ4v) is 2.82. The highest BCUT2D eigenvalue weighted by molar-refractivity contribution is 5.94. The molecule has 0 radical (unpaired) electrons. The van der Waals surface area contributed by atoms with E-state index >= 15 is 0 Å². The van der Waals surface area contributed by atoms with Crippen LogP contribution in [0.4, 0.5) is 8.78 Å². The molecule has 2 aromatic carbocycles. The second-order valence-corrected chi connectivity index (χ2v) is 6.28. The number of nitrogens with one attached hydrogen (secondary N) is 2. The SMILES string of the molecule is Cc1cc(C)c(CNC(=O)CCNC(=O)c2ccc(F)cc2F)c(C)c1. The summed E-state index contributed by atoms with van der Waals surface area (Å²) in [5, 5.41) is 5.27. The van der Waals surface area contributed by atoms with Gasteiger partial charge in [-0.05, 0) is 49.6 Å². The molecule has 0 unspecified atom stereocenters. The maximum absolute atomic E-state index is 13.5. The minimum absolute atomic E-state index is 0.0628. The van der Waals surface area contributed by atoms with Crippen LogP contribution in [-0.2, 0) is 11.3 Å². The summed E-state index contributed by atoms with van der Waals surface area (Å²) in [6, 6.07) is 6.85. The fourth-order valence-electron chi connectivity index (χ4n) is 2.82. The molecule has 0 aliphatic heterocycles. The Hall–Kier alpha value is -2.76. The van der Waals surface area contributed by atoms with Crippen molar-refractivity contribution in [1.82, 2.24) is 10.6 Å². The van der Waals surface area contributed by atoms with E-state index in [2.05, 4.69) is 22.8 Å². The third-order valence-electron chi connectivity index (χ3n) is 4.12. The number of hydrogen-bond acceptors (Lipinski definition) is 2. The highest BCUT2D eigenvalue weighted by atomic mass is 19.1. The van der Waals surface area contributed by atoms with Gasteiger partial charge in [-0.2, -0.15) is 0 Å². The Morgan fingerprint density at radius 3 is 2.23 bits per heavy atom. The first-order valence-corrected chi connectivity index (χ1v) is 8.34. The van der Waals surface area contributed by atoms with Crippen molar-refractivity contribution in [1.29, 1.82) is 0 Å². The summed E-state index contributed by atoms with van der Waals surface area (Å²) in [4.78, 5) is 23.8. The Morgan fingerprint density at radius 1 is 0.962 bits per heavy atom. The molecule has 2 N–H and O–H groups in total. The highest BCUT2D eigenvalue weighted by Gasteiger charge is 2.13. The lowest BCUT2D eigenvalue weighted by Crippen LogP contribution is -2.31. The summed E-state index contributed by atoms with van der Waals surface area (Å²) in [7, 11) is 0. The molecule has 26 heavy (non-hydrogen) atoms. The number of carbonyl (C=O) groups excluding carboxylic acids is 2. The normalized spacial score (nSPS) is 10.5. The van der Waals surface area contributed by atoms with Gasteiger partial charge in [0.05, 0.1) is 5.56 Å². The predicted molar refractivity (Wildman–Crippen MR) is 95.8 cm³/mol. The molecule has 0 bridgehead atoms. The van der Waals surface area contributed by atoms with Crippen molar-refractivity contribution >= 4 is 11.8 Å². The first kappa shape index (κ1) is 19.6. The Morgan fingerprint density at radius 2 is 1.62 bits per heavy atom. The topological polar surface area (TPSA) is 58.2 Å². The van der Waals surface area contributed by atoms with E-state index in [1.54, 1.807) is 0 Å². The van der Waals surface area contributed by atoms with Crippen LogP contribution >= 0.6 is 0 Å². The summed E-state index contributed by atoms with van der Waals surface area (Å²) in [5.41, 5.74) is 4.22. The van der Waals surface area contributed by atoms with Crippen molar-refractivity contribution in [2.24, 2.45) is 0 Å². The van der Waals surface area contributed by atoms with Crippen LogP contribution in [0.3, 0.4) is 0 Å². The molecule has 0 aliphatic rings. The molecule has 0 saturated heterocycles. The second kappa shape index (κ2) is 8.56. The third kappa shape index (κ3) is 5.12. The van der Waals surface area contributed by atoms with E-state index in [0.29, 0.717) is 12.6 Å². The Bertz CT molecular complexity index is 812. The quantitative estimate of drug-likeness (QED) is 0.830. The van der Waals surface area contributed by atoms with Crippen molar-refractivity contribution in [3.05, 3.63) is 69.8 Å². The number of hydrogen-bond donors (Lipinski definition) is 2. The van der Waals surface area contributed by atoms with Gasteiger partial charge >= 0.3 is 0 Å². The van der Waals surface area contributed by atoms with Crippen LogP contribution < -0.4 is 10.6 Å². The monoisotopic (exact) mass is 360 g/mol. The van der Waals surface area contributed by atoms with E-state index in [9.17, 15) is 18.4 Å². The Kier molecular flexibility index (Phi) is 6.44. The van der Waals surface area contributed by atoms with E-state index in [1.807, 2.05) is 20.8 Å². The molecule has 0 heterocycles. The number of halogens is 2. The molecule has 0 saturated carbocycles. The molecule has 0 aromatic heterocycles. The standard InChI is InChI=1S/C20H22F2N2O2/c1-12-8-13(2)17(14(3)9-12)11-24-19(25)6-7-23-20(26)16-5-4-15(21)10-18(16)22/h4-5,8-10H,6-7,11H2,1-3H3,(H,23,26)(H,24,25). The molecule has 2 amide bonds. The summed E-state index contributed by atoms with van der Waals surface area (Å²) in [6.07, 6.45) is 0.0680. The van der Waals surface area contributed by atoms with E-state index in [4.69, 9.17) is 0 Å². The van der Waals surface area contributed by atoms with Crippen molar-refractivity contribution < 1.29 is 18.4 Å². The van der Waals surface area contributed by atoms with Crippen LogP contribution in [0.25, 0.3) is 0 Å². The van der Waals surface area contributed by atoms with Gasteiger partial charge in [-0.3, -0.25) is 9.59 Å². The van der Waals surface area contributed by atoms with Gasteiger partial charge in [-0.1, -0.05) is 17.7 Å². The van der Waals surface area contributed by atoms with Gasteiger partial charge in [0.2, 0.25) is 5.91 Å². The van der Waals surface area contributed by atoms with Gasteiger partial charge < -0.3 is 10.6 Å². The van der Waals surface area contributed by atoms with Crippen LogP contribution in [0, 0.1) is 32.4 Å². The van der Waals surface area contributed by atoms with Gasteiger partial charge in [0, 0.05) is 25.6 Å². The zero-order chi connectivity index (χ0) is 19.3. The predicted octanol–water partition coefficient (Wildman–Crippen LogP) is 3.33. The van der Waals surface area contributed by atoms with Crippen molar-refractivity contribution in [3.8, 4) is 0 Å². The molecule has 2 rings (SSSR count). The smallest absolute Gasteiger partial charge is 0.254 e. The number of benzene rings is 2. The molecule has 0 atom stereocenters. The van der Waals surface area contributed by atoms with E-state index < -0.39 is 17.5 Å². The molecule has 138 valence electrons. The molecule has 0 aliphatic carbocycles. The third-order valence-corrected chi connectivity index (χ3v) is 4.12. The summed E-state index contributed by atoms with van der Waals surface area (Å²) in [5.74, 6) is -2.58. The lowest BCUT2D eigenvalue weighted by molar-refractivity contribution is -0.121. The van der Waals surface area contributed by atoms with E-state index in [-0.39, 0.29) is 24.4 Å². The summed E-state index contributed by atoms with van der Waals surface area (Å²) >= 11 is 0. The number of aryl methyl sites for hydroxylation is 3. The maximum atomic E-state index is 13.5. The minimum Gasteiger partial charge on any atom is -0.352 e. The summed E-state index contributed by atoms with van der Waals surface area (Å²) < 4.78 is 26.4. The molecular weight excluding hydrogens is 338 g/mol. The van der Waals surface area contributed by atoms with Gasteiger partial charge in [0.15, 0.2) is 0 Å². The van der Waals surface area contributed by atoms with Crippen molar-refractivity contribution in [2.45, 2.75) is 33.7 Å². The number of rotatable bonds is 6. The average Bonchev–Trinajstić information content (AvgIpc) is 2.53. The Labute approximate surface area is 151 Å². The summed E-state index contributed by atoms with van der Waals surface area (Å²) in [6.45, 7) is 6.50. The van der Waals surface area contributed by atoms with Gasteiger partial charge in [0.1, 0.15) is 11.6 Å². The van der Waals surface area contributed by atoms with Gasteiger partial charge in [-0.25, -0.2) is 8.78 Å². The van der Waals surface area contributed by atoms with Crippen LogP contribution in [0.1, 0.15) is 39.0 Å². The molecule has 0 spiro atoms. The Balaban J connectivity index is 1.81. The van der Waals surface area contributed by atoms with Crippen LogP contribution in [0.5, 0.6) is 0 Å². The highest BCUT2D eigenvalue weighted by Crippen LogP contribution is 2.16. The zero-order valence-corrected chi connectivity index (χ0v) is 15.1. The van der Waals surface area contributed by atoms with Crippen molar-refractivity contribution in [3.63, 3.8) is 0 Å². The van der Waals surface area contributed by atoms with Gasteiger partial charge in [-0.15, -0.1) is 0 Å². The van der Waals surface area contributed by atoms with Crippen LogP contribution in [0.15, 0.2) is 30.3 Å². The van der Waals surface area contributed by atoms with Crippen LogP contribution in [-0.4, -0.2) is 18.4 Å². The largest absolute Gasteiger partial charge is 0.352 e. The lowest BCUT2D eigenvalue weighted by atomic mass is 10.00. The number of carbonyl (C=O) groups is 2. The molecule has 2 aromatic rings. The molecule has 4 nitrogen and oxygen atoms in total. The van der Waals surface area contributed by atoms with Crippen molar-refractivity contribution in [2.75, 3.05) is 6.54 Å². The van der Waals surface area contributed by atoms with E-state index in [1.165, 1.54) is 5.56 Å². The molecule has 6 heteroatoms. The van der Waals surface area contributed by atoms with Crippen LogP contribution in [0.2, 0.25) is 0 Å². The molecular formula is C20H22F2N2O2. The second-order valence-electron chi connectivity index (χ2n) is 6.28. The maximum Gasteiger partial charge on any atom is 0.254 e.